The van der Waals surface area contributed by atoms with Gasteiger partial charge in [-0.25, -0.2) is 15.8 Å². The number of aromatic nitrogens is 2. The Morgan fingerprint density at radius 3 is 2.31 bits per heavy atom. The second-order valence-corrected chi connectivity index (χ2v) is 6.08. The largest absolute Gasteiger partial charge is 0.508 e. The van der Waals surface area contributed by atoms with Gasteiger partial charge < -0.3 is 10.0 Å². The molecule has 1 aromatic heterocycles. The smallest absolute Gasteiger partial charge is 0.303 e. The van der Waals surface area contributed by atoms with Crippen LogP contribution in [0, 0.1) is 0 Å². The number of rotatable bonds is 3. The SMILES string of the molecule is NNC(=O)c1nc(-c2ccc(O)cc2)cc(N2Cc3ccccc3C2)n1. The summed E-state index contributed by atoms with van der Waals surface area (Å²) in [5.74, 6) is 5.53. The van der Waals surface area contributed by atoms with Crippen LogP contribution in [0.5, 0.6) is 5.75 Å². The van der Waals surface area contributed by atoms with Crippen LogP contribution in [0.25, 0.3) is 11.3 Å². The summed E-state index contributed by atoms with van der Waals surface area (Å²) in [7, 11) is 0. The third kappa shape index (κ3) is 2.96. The van der Waals surface area contributed by atoms with Crippen molar-refractivity contribution in [1.29, 1.82) is 0 Å². The molecule has 1 aliphatic heterocycles. The molecule has 0 fully saturated rings. The number of benzene rings is 2. The Morgan fingerprint density at radius 1 is 1.04 bits per heavy atom. The monoisotopic (exact) mass is 347 g/mol. The topological polar surface area (TPSA) is 104 Å². The molecule has 0 saturated carbocycles. The van der Waals surface area contributed by atoms with Crippen molar-refractivity contribution in [2.75, 3.05) is 4.90 Å². The Kier molecular flexibility index (Phi) is 3.98. The number of anilines is 1. The first kappa shape index (κ1) is 16.0. The lowest BCUT2D eigenvalue weighted by Gasteiger charge is -2.18. The van der Waals surface area contributed by atoms with E-state index in [0.29, 0.717) is 24.6 Å². The van der Waals surface area contributed by atoms with Crippen molar-refractivity contribution in [3.05, 3.63) is 71.5 Å². The average Bonchev–Trinajstić information content (AvgIpc) is 3.12. The maximum Gasteiger partial charge on any atom is 0.303 e. The van der Waals surface area contributed by atoms with E-state index in [1.807, 2.05) is 18.2 Å². The Bertz CT molecular complexity index is 947. The fourth-order valence-corrected chi connectivity index (χ4v) is 3.04. The predicted molar refractivity (Wildman–Crippen MR) is 97.1 cm³/mol. The molecule has 130 valence electrons. The molecule has 7 heteroatoms. The number of carbonyl (C=O) groups is 1. The maximum atomic E-state index is 12.0. The number of nitrogens with two attached hydrogens (primary N) is 1. The fraction of sp³-hybridized carbons (Fsp3) is 0.105. The van der Waals surface area contributed by atoms with Gasteiger partial charge in [0.05, 0.1) is 5.69 Å². The predicted octanol–water partition coefficient (Wildman–Crippen LogP) is 1.97. The van der Waals surface area contributed by atoms with E-state index < -0.39 is 5.91 Å². The number of nitrogen functional groups attached to an aromatic ring is 1. The van der Waals surface area contributed by atoms with Crippen LogP contribution in [-0.4, -0.2) is 21.0 Å². The third-order valence-corrected chi connectivity index (χ3v) is 4.37. The number of amides is 1. The second kappa shape index (κ2) is 6.45. The van der Waals surface area contributed by atoms with Gasteiger partial charge in [-0.2, -0.15) is 0 Å². The quantitative estimate of drug-likeness (QED) is 0.380. The molecule has 0 saturated heterocycles. The molecule has 2 aromatic carbocycles. The van der Waals surface area contributed by atoms with Crippen molar-refractivity contribution in [3.63, 3.8) is 0 Å². The summed E-state index contributed by atoms with van der Waals surface area (Å²) in [4.78, 5) is 22.8. The molecule has 0 spiro atoms. The number of hydrogen-bond acceptors (Lipinski definition) is 6. The molecule has 0 unspecified atom stereocenters. The van der Waals surface area contributed by atoms with Crippen molar-refractivity contribution in [1.82, 2.24) is 15.4 Å². The van der Waals surface area contributed by atoms with Gasteiger partial charge in [0.2, 0.25) is 5.82 Å². The number of carbonyl (C=O) groups excluding carboxylic acids is 1. The van der Waals surface area contributed by atoms with E-state index in [2.05, 4.69) is 32.4 Å². The Hall–Kier alpha value is -3.45. The van der Waals surface area contributed by atoms with Crippen LogP contribution in [0.4, 0.5) is 5.82 Å². The molecular formula is C19H17N5O2. The summed E-state index contributed by atoms with van der Waals surface area (Å²) in [6, 6.07) is 16.7. The number of phenols is 1. The lowest BCUT2D eigenvalue weighted by Crippen LogP contribution is -2.32. The van der Waals surface area contributed by atoms with Crippen LogP contribution < -0.4 is 16.2 Å². The molecule has 2 heterocycles. The summed E-state index contributed by atoms with van der Waals surface area (Å²) in [5.41, 5.74) is 5.92. The van der Waals surface area contributed by atoms with Crippen molar-refractivity contribution >= 4 is 11.7 Å². The number of hydrogen-bond donors (Lipinski definition) is 3. The van der Waals surface area contributed by atoms with Crippen LogP contribution in [0.2, 0.25) is 0 Å². The highest BCUT2D eigenvalue weighted by atomic mass is 16.3. The molecule has 26 heavy (non-hydrogen) atoms. The Morgan fingerprint density at radius 2 is 1.69 bits per heavy atom. The number of phenolic OH excluding ortho intramolecular Hbond substituents is 1. The average molecular weight is 347 g/mol. The van der Waals surface area contributed by atoms with E-state index in [1.54, 1.807) is 24.3 Å². The van der Waals surface area contributed by atoms with Crippen LogP contribution in [0.15, 0.2) is 54.6 Å². The highest BCUT2D eigenvalue weighted by Crippen LogP contribution is 2.29. The zero-order valence-corrected chi connectivity index (χ0v) is 13.9. The number of fused-ring (bicyclic) bond motifs is 1. The van der Waals surface area contributed by atoms with Crippen molar-refractivity contribution in [2.24, 2.45) is 5.84 Å². The van der Waals surface area contributed by atoms with Gasteiger partial charge in [0.15, 0.2) is 0 Å². The molecule has 4 rings (SSSR count). The number of aromatic hydroxyl groups is 1. The van der Waals surface area contributed by atoms with Gasteiger partial charge in [0.1, 0.15) is 11.6 Å². The lowest BCUT2D eigenvalue weighted by atomic mass is 10.1. The molecule has 1 aliphatic rings. The van der Waals surface area contributed by atoms with Gasteiger partial charge in [-0.1, -0.05) is 24.3 Å². The summed E-state index contributed by atoms with van der Waals surface area (Å²) < 4.78 is 0. The minimum Gasteiger partial charge on any atom is -0.508 e. The highest BCUT2D eigenvalue weighted by Gasteiger charge is 2.22. The summed E-state index contributed by atoms with van der Waals surface area (Å²) in [5, 5.41) is 9.49. The number of nitrogens with one attached hydrogen (secondary N) is 1. The minimum absolute atomic E-state index is 0.00373. The van der Waals surface area contributed by atoms with Gasteiger partial charge in [0, 0.05) is 24.7 Å². The molecule has 0 radical (unpaired) electrons. The molecule has 7 nitrogen and oxygen atoms in total. The van der Waals surface area contributed by atoms with E-state index in [1.165, 1.54) is 11.1 Å². The van der Waals surface area contributed by atoms with Crippen molar-refractivity contribution < 1.29 is 9.90 Å². The summed E-state index contributed by atoms with van der Waals surface area (Å²) >= 11 is 0. The first-order valence-electron chi connectivity index (χ1n) is 8.15. The van der Waals surface area contributed by atoms with E-state index in [0.717, 1.165) is 5.56 Å². The molecule has 0 atom stereocenters. The van der Waals surface area contributed by atoms with E-state index >= 15 is 0 Å². The Labute approximate surface area is 150 Å². The van der Waals surface area contributed by atoms with Gasteiger partial charge in [-0.05, 0) is 35.4 Å². The lowest BCUT2D eigenvalue weighted by molar-refractivity contribution is 0.0943. The van der Waals surface area contributed by atoms with Gasteiger partial charge >= 0.3 is 5.91 Å². The van der Waals surface area contributed by atoms with Gasteiger partial charge in [-0.15, -0.1) is 0 Å². The zero-order valence-electron chi connectivity index (χ0n) is 13.9. The van der Waals surface area contributed by atoms with Crippen LogP contribution in [-0.2, 0) is 13.1 Å². The van der Waals surface area contributed by atoms with Crippen LogP contribution >= 0.6 is 0 Å². The fourth-order valence-electron chi connectivity index (χ4n) is 3.04. The van der Waals surface area contributed by atoms with Gasteiger partial charge in [-0.3, -0.25) is 10.2 Å². The second-order valence-electron chi connectivity index (χ2n) is 6.08. The van der Waals surface area contributed by atoms with Crippen LogP contribution in [0.3, 0.4) is 0 Å². The highest BCUT2D eigenvalue weighted by molar-refractivity contribution is 5.91. The van der Waals surface area contributed by atoms with Gasteiger partial charge in [0.25, 0.3) is 0 Å². The van der Waals surface area contributed by atoms with Crippen molar-refractivity contribution in [2.45, 2.75) is 13.1 Å². The normalized spacial score (nSPS) is 12.7. The third-order valence-electron chi connectivity index (χ3n) is 4.37. The number of hydrazine groups is 1. The summed E-state index contributed by atoms with van der Waals surface area (Å²) in [6.07, 6.45) is 0. The van der Waals surface area contributed by atoms with Crippen LogP contribution in [0.1, 0.15) is 21.7 Å². The molecule has 0 aliphatic carbocycles. The first-order valence-corrected chi connectivity index (χ1v) is 8.15. The Balaban J connectivity index is 1.76. The maximum absolute atomic E-state index is 12.0. The van der Waals surface area contributed by atoms with E-state index in [4.69, 9.17) is 5.84 Å². The molecule has 1 amide bonds. The molecule has 4 N–H and O–H groups in total. The molecule has 0 bridgehead atoms. The minimum atomic E-state index is -0.552. The zero-order chi connectivity index (χ0) is 18.1. The first-order chi connectivity index (χ1) is 12.6. The standard InChI is InChI=1S/C19H17N5O2/c20-23-19(26)18-21-16(12-5-7-15(25)8-6-12)9-17(22-18)24-10-13-3-1-2-4-14(13)11-24/h1-9,25H,10-11,20H2,(H,23,26). The molecule has 3 aromatic rings. The van der Waals surface area contributed by atoms with Crippen molar-refractivity contribution in [3.8, 4) is 17.0 Å². The number of nitrogens with zero attached hydrogens (tertiary/aromatic N) is 3. The van der Waals surface area contributed by atoms with E-state index in [-0.39, 0.29) is 11.6 Å². The van der Waals surface area contributed by atoms with E-state index in [9.17, 15) is 9.90 Å². The summed E-state index contributed by atoms with van der Waals surface area (Å²) in [6.45, 7) is 1.43. The molecular weight excluding hydrogens is 330 g/mol.